The van der Waals surface area contributed by atoms with Crippen LogP contribution in [0.15, 0.2) is 30.3 Å². The first-order valence-corrected chi connectivity index (χ1v) is 7.38. The van der Waals surface area contributed by atoms with Crippen LogP contribution in [0.1, 0.15) is 45.6 Å². The molecule has 0 aliphatic carbocycles. The Morgan fingerprint density at radius 3 is 2.38 bits per heavy atom. The molecular weight excluding hydrogens is 266 g/mol. The zero-order chi connectivity index (χ0) is 15.6. The van der Waals surface area contributed by atoms with Crippen LogP contribution in [0, 0.1) is 5.92 Å². The highest BCUT2D eigenvalue weighted by Crippen LogP contribution is 2.28. The average Bonchev–Trinajstić information content (AvgIpc) is 2.63. The average molecular weight is 289 g/mol. The highest BCUT2D eigenvalue weighted by Gasteiger charge is 2.41. The zero-order valence-electron chi connectivity index (χ0n) is 13.1. The Bertz CT molecular complexity index is 522. The first kappa shape index (κ1) is 15.5. The third-order valence-corrected chi connectivity index (χ3v) is 3.78. The Morgan fingerprint density at radius 2 is 1.90 bits per heavy atom. The Hall–Kier alpha value is -1.84. The zero-order valence-corrected chi connectivity index (χ0v) is 13.1. The van der Waals surface area contributed by atoms with Crippen molar-refractivity contribution >= 4 is 11.9 Å². The van der Waals surface area contributed by atoms with Gasteiger partial charge < -0.3 is 10.1 Å². The molecule has 2 rings (SSSR count). The van der Waals surface area contributed by atoms with Crippen LogP contribution in [-0.2, 0) is 14.3 Å². The van der Waals surface area contributed by atoms with Crippen LogP contribution < -0.4 is 5.32 Å². The van der Waals surface area contributed by atoms with Crippen molar-refractivity contribution in [3.05, 3.63) is 35.9 Å². The van der Waals surface area contributed by atoms with Gasteiger partial charge in [-0.1, -0.05) is 44.2 Å². The topological polar surface area (TPSA) is 55.4 Å². The molecule has 0 unspecified atom stereocenters. The lowest BCUT2D eigenvalue weighted by atomic mass is 9.87. The molecular formula is C17H23NO3. The second-order valence-corrected chi connectivity index (χ2v) is 6.58. The van der Waals surface area contributed by atoms with Crippen molar-refractivity contribution in [3.8, 4) is 0 Å². The van der Waals surface area contributed by atoms with Crippen LogP contribution in [0.2, 0.25) is 0 Å². The van der Waals surface area contributed by atoms with Crippen molar-refractivity contribution in [2.24, 2.45) is 5.92 Å². The van der Waals surface area contributed by atoms with E-state index in [0.717, 1.165) is 5.56 Å². The summed E-state index contributed by atoms with van der Waals surface area (Å²) in [6.45, 7) is 7.73. The lowest BCUT2D eigenvalue weighted by Crippen LogP contribution is -2.42. The van der Waals surface area contributed by atoms with Gasteiger partial charge in [-0.2, -0.15) is 0 Å². The number of carbonyl (C=O) groups is 2. The van der Waals surface area contributed by atoms with Gasteiger partial charge >= 0.3 is 5.97 Å². The number of hydrogen-bond donors (Lipinski definition) is 1. The molecule has 1 aliphatic rings. The molecule has 0 aromatic heterocycles. The summed E-state index contributed by atoms with van der Waals surface area (Å²) in [4.78, 5) is 24.4. The fourth-order valence-electron chi connectivity index (χ4n) is 2.83. The first-order chi connectivity index (χ1) is 9.80. The molecule has 1 aromatic carbocycles. The molecule has 21 heavy (non-hydrogen) atoms. The maximum Gasteiger partial charge on any atom is 0.329 e. The number of carbonyl (C=O) groups excluding carboxylic acids is 2. The largest absolute Gasteiger partial charge is 0.458 e. The molecule has 0 radical (unpaired) electrons. The minimum Gasteiger partial charge on any atom is -0.458 e. The van der Waals surface area contributed by atoms with E-state index in [1.165, 1.54) is 0 Å². The SMILES string of the molecule is CC(C)[C@@H](C(=O)N[C@@H]1CC(C)(C)OC1=O)c1ccccc1. The Balaban J connectivity index is 2.12. The van der Waals surface area contributed by atoms with E-state index in [9.17, 15) is 9.59 Å². The second kappa shape index (κ2) is 5.88. The fraction of sp³-hybridized carbons (Fsp3) is 0.529. The van der Waals surface area contributed by atoms with Crippen molar-refractivity contribution in [2.75, 3.05) is 0 Å². The smallest absolute Gasteiger partial charge is 0.329 e. The van der Waals surface area contributed by atoms with Gasteiger partial charge in [-0.3, -0.25) is 4.79 Å². The van der Waals surface area contributed by atoms with Crippen molar-refractivity contribution in [1.82, 2.24) is 5.32 Å². The van der Waals surface area contributed by atoms with Gasteiger partial charge in [-0.25, -0.2) is 4.79 Å². The van der Waals surface area contributed by atoms with Crippen molar-refractivity contribution in [1.29, 1.82) is 0 Å². The summed E-state index contributed by atoms with van der Waals surface area (Å²) in [5, 5.41) is 2.85. The molecule has 1 amide bonds. The molecule has 1 aromatic rings. The number of nitrogens with one attached hydrogen (secondary N) is 1. The number of ether oxygens (including phenoxy) is 1. The third-order valence-electron chi connectivity index (χ3n) is 3.78. The van der Waals surface area contributed by atoms with Crippen molar-refractivity contribution in [3.63, 3.8) is 0 Å². The summed E-state index contributed by atoms with van der Waals surface area (Å²) >= 11 is 0. The highest BCUT2D eigenvalue weighted by molar-refractivity contribution is 5.89. The van der Waals surface area contributed by atoms with E-state index in [1.54, 1.807) is 0 Å². The lowest BCUT2D eigenvalue weighted by Gasteiger charge is -2.22. The summed E-state index contributed by atoms with van der Waals surface area (Å²) in [5.41, 5.74) is 0.463. The van der Waals surface area contributed by atoms with Gasteiger partial charge in [0.05, 0.1) is 5.92 Å². The van der Waals surface area contributed by atoms with Gasteiger partial charge in [-0.15, -0.1) is 0 Å². The number of amides is 1. The molecule has 1 aliphatic heterocycles. The molecule has 2 atom stereocenters. The maximum atomic E-state index is 12.6. The molecule has 114 valence electrons. The highest BCUT2D eigenvalue weighted by atomic mass is 16.6. The van der Waals surface area contributed by atoms with E-state index >= 15 is 0 Å². The summed E-state index contributed by atoms with van der Waals surface area (Å²) in [7, 11) is 0. The van der Waals surface area contributed by atoms with Gasteiger partial charge in [0.1, 0.15) is 11.6 Å². The van der Waals surface area contributed by atoms with Crippen LogP contribution in [0.25, 0.3) is 0 Å². The predicted molar refractivity (Wildman–Crippen MR) is 80.7 cm³/mol. The minimum atomic E-state index is -0.544. The van der Waals surface area contributed by atoms with Gasteiger partial charge in [-0.05, 0) is 25.3 Å². The van der Waals surface area contributed by atoms with Crippen LogP contribution in [0.3, 0.4) is 0 Å². The molecule has 4 heteroatoms. The number of benzene rings is 1. The van der Waals surface area contributed by atoms with Crippen molar-refractivity contribution < 1.29 is 14.3 Å². The van der Waals surface area contributed by atoms with Gasteiger partial charge in [0.25, 0.3) is 0 Å². The van der Waals surface area contributed by atoms with E-state index in [0.29, 0.717) is 6.42 Å². The molecule has 0 spiro atoms. The second-order valence-electron chi connectivity index (χ2n) is 6.58. The molecule has 1 heterocycles. The quantitative estimate of drug-likeness (QED) is 0.867. The molecule has 1 saturated heterocycles. The van der Waals surface area contributed by atoms with E-state index < -0.39 is 11.6 Å². The summed E-state index contributed by atoms with van der Waals surface area (Å²) in [6, 6.07) is 9.12. The lowest BCUT2D eigenvalue weighted by molar-refractivity contribution is -0.148. The Morgan fingerprint density at radius 1 is 1.29 bits per heavy atom. The molecule has 1 fully saturated rings. The number of hydrogen-bond acceptors (Lipinski definition) is 3. The minimum absolute atomic E-state index is 0.115. The van der Waals surface area contributed by atoms with Crippen LogP contribution >= 0.6 is 0 Å². The third kappa shape index (κ3) is 3.63. The normalized spacial score (nSPS) is 22.0. The number of esters is 1. The monoisotopic (exact) mass is 289 g/mol. The fourth-order valence-corrected chi connectivity index (χ4v) is 2.83. The van der Waals surface area contributed by atoms with Crippen LogP contribution in [0.5, 0.6) is 0 Å². The Kier molecular flexibility index (Phi) is 4.35. The maximum absolute atomic E-state index is 12.6. The first-order valence-electron chi connectivity index (χ1n) is 7.38. The molecule has 1 N–H and O–H groups in total. The summed E-state index contributed by atoms with van der Waals surface area (Å²) in [6.07, 6.45) is 0.511. The van der Waals surface area contributed by atoms with Crippen molar-refractivity contribution in [2.45, 2.75) is 51.7 Å². The van der Waals surface area contributed by atoms with Gasteiger partial charge in [0.15, 0.2) is 0 Å². The van der Waals surface area contributed by atoms with E-state index in [1.807, 2.05) is 58.0 Å². The van der Waals surface area contributed by atoms with Gasteiger partial charge in [0, 0.05) is 6.42 Å². The standard InChI is InChI=1S/C17H23NO3/c1-11(2)14(12-8-6-5-7-9-12)15(19)18-13-10-17(3,4)21-16(13)20/h5-9,11,13-14H,10H2,1-4H3,(H,18,19)/t13-,14-/m1/s1. The van der Waals surface area contributed by atoms with E-state index in [2.05, 4.69) is 5.32 Å². The summed E-state index contributed by atoms with van der Waals surface area (Å²) in [5.74, 6) is -0.569. The van der Waals surface area contributed by atoms with Gasteiger partial charge in [0.2, 0.25) is 5.91 Å². The molecule has 0 saturated carbocycles. The molecule has 4 nitrogen and oxygen atoms in total. The predicted octanol–water partition coefficient (Wildman–Crippen LogP) is 2.64. The molecule has 0 bridgehead atoms. The van der Waals surface area contributed by atoms with Crippen LogP contribution in [0.4, 0.5) is 0 Å². The summed E-state index contributed by atoms with van der Waals surface area (Å²) < 4.78 is 5.25. The van der Waals surface area contributed by atoms with E-state index in [-0.39, 0.29) is 23.7 Å². The Labute approximate surface area is 125 Å². The van der Waals surface area contributed by atoms with Crippen LogP contribution in [-0.4, -0.2) is 23.5 Å². The van der Waals surface area contributed by atoms with E-state index in [4.69, 9.17) is 4.74 Å². The number of rotatable bonds is 4. The number of cyclic esters (lactones) is 1.